The summed E-state index contributed by atoms with van der Waals surface area (Å²) >= 11 is 3.38. The van der Waals surface area contributed by atoms with Crippen LogP contribution < -0.4 is 11.1 Å². The zero-order valence-electron chi connectivity index (χ0n) is 9.87. The molecule has 3 nitrogen and oxygen atoms in total. The van der Waals surface area contributed by atoms with Crippen LogP contribution in [0.1, 0.15) is 26.2 Å². The molecule has 1 unspecified atom stereocenters. The van der Waals surface area contributed by atoms with Gasteiger partial charge < -0.3 is 11.1 Å². The lowest BCUT2D eigenvalue weighted by Gasteiger charge is -2.28. The third-order valence-corrected chi connectivity index (χ3v) is 3.73. The van der Waals surface area contributed by atoms with E-state index in [0.717, 1.165) is 16.6 Å². The minimum atomic E-state index is -0.644. The van der Waals surface area contributed by atoms with Gasteiger partial charge in [-0.25, -0.2) is 0 Å². The number of benzene rings is 1. The molecule has 3 N–H and O–H groups in total. The van der Waals surface area contributed by atoms with Gasteiger partial charge in [-0.05, 0) is 43.5 Å². The van der Waals surface area contributed by atoms with Crippen molar-refractivity contribution in [3.05, 3.63) is 28.7 Å². The molecule has 1 aromatic carbocycles. The molecule has 1 atom stereocenters. The van der Waals surface area contributed by atoms with Crippen LogP contribution in [0.2, 0.25) is 0 Å². The topological polar surface area (TPSA) is 55.1 Å². The van der Waals surface area contributed by atoms with Gasteiger partial charge in [0.2, 0.25) is 5.91 Å². The van der Waals surface area contributed by atoms with Crippen LogP contribution in [0.15, 0.2) is 28.7 Å². The Labute approximate surface area is 110 Å². The van der Waals surface area contributed by atoms with Crippen molar-refractivity contribution in [2.75, 3.05) is 5.32 Å². The normalized spacial score (nSPS) is 18.5. The summed E-state index contributed by atoms with van der Waals surface area (Å²) < 4.78 is 1.02. The average molecular weight is 297 g/mol. The highest BCUT2D eigenvalue weighted by atomic mass is 79.9. The lowest BCUT2D eigenvalue weighted by atomic mass is 9.93. The first-order chi connectivity index (χ1) is 7.99. The molecule has 1 aliphatic rings. The molecule has 1 aliphatic carbocycles. The summed E-state index contributed by atoms with van der Waals surface area (Å²) in [6, 6.07) is 7.78. The molecule has 17 heavy (non-hydrogen) atoms. The highest BCUT2D eigenvalue weighted by Crippen LogP contribution is 2.37. The number of rotatable bonds is 5. The zero-order valence-corrected chi connectivity index (χ0v) is 11.5. The third-order valence-electron chi connectivity index (χ3n) is 3.20. The largest absolute Gasteiger partial charge is 0.371 e. The number of hydrogen-bond donors (Lipinski definition) is 2. The van der Waals surface area contributed by atoms with E-state index >= 15 is 0 Å². The average Bonchev–Trinajstić information content (AvgIpc) is 3.05. The van der Waals surface area contributed by atoms with Gasteiger partial charge in [-0.1, -0.05) is 28.8 Å². The van der Waals surface area contributed by atoms with Gasteiger partial charge in [0.05, 0.1) is 0 Å². The molecule has 0 saturated heterocycles. The Morgan fingerprint density at radius 3 is 2.53 bits per heavy atom. The molecule has 0 spiro atoms. The Hall–Kier alpha value is -1.03. The van der Waals surface area contributed by atoms with E-state index < -0.39 is 5.54 Å². The highest BCUT2D eigenvalue weighted by Gasteiger charge is 2.37. The molecule has 4 heteroatoms. The minimum Gasteiger partial charge on any atom is -0.371 e. The van der Waals surface area contributed by atoms with Gasteiger partial charge in [0.1, 0.15) is 5.54 Å². The second-order valence-electron chi connectivity index (χ2n) is 4.98. The minimum absolute atomic E-state index is 0.285. The number of primary amides is 1. The van der Waals surface area contributed by atoms with Gasteiger partial charge in [0.15, 0.2) is 0 Å². The van der Waals surface area contributed by atoms with Crippen LogP contribution in [0.25, 0.3) is 0 Å². The molecule has 0 aliphatic heterocycles. The number of nitrogens with two attached hydrogens (primary N) is 1. The van der Waals surface area contributed by atoms with Crippen LogP contribution in [0.3, 0.4) is 0 Å². The van der Waals surface area contributed by atoms with Crippen LogP contribution in [0, 0.1) is 5.92 Å². The molecule has 0 radical (unpaired) electrons. The summed E-state index contributed by atoms with van der Waals surface area (Å²) in [6.07, 6.45) is 3.24. The number of hydrogen-bond acceptors (Lipinski definition) is 2. The molecule has 1 aromatic rings. The van der Waals surface area contributed by atoms with Crippen LogP contribution in [-0.2, 0) is 4.79 Å². The Kier molecular flexibility index (Phi) is 3.43. The van der Waals surface area contributed by atoms with Crippen molar-refractivity contribution in [2.24, 2.45) is 11.7 Å². The molecule has 2 rings (SSSR count). The molecule has 1 amide bonds. The van der Waals surface area contributed by atoms with Gasteiger partial charge in [-0.15, -0.1) is 0 Å². The molecule has 0 heterocycles. The molecule has 1 saturated carbocycles. The number of nitrogens with one attached hydrogen (secondary N) is 1. The first-order valence-electron chi connectivity index (χ1n) is 5.83. The summed E-state index contributed by atoms with van der Waals surface area (Å²) in [4.78, 5) is 11.6. The van der Waals surface area contributed by atoms with Gasteiger partial charge in [-0.2, -0.15) is 0 Å². The summed E-state index contributed by atoms with van der Waals surface area (Å²) in [6.45, 7) is 1.88. The van der Waals surface area contributed by atoms with E-state index in [2.05, 4.69) is 21.2 Å². The predicted octanol–water partition coefficient (Wildman–Crippen LogP) is 2.91. The Balaban J connectivity index is 2.11. The Morgan fingerprint density at radius 2 is 2.06 bits per heavy atom. The van der Waals surface area contributed by atoms with Crippen molar-refractivity contribution in [3.63, 3.8) is 0 Å². The quantitative estimate of drug-likeness (QED) is 0.878. The number of carbonyl (C=O) groups is 1. The van der Waals surface area contributed by atoms with E-state index in [-0.39, 0.29) is 5.91 Å². The highest BCUT2D eigenvalue weighted by molar-refractivity contribution is 9.10. The number of carbonyl (C=O) groups excluding carboxylic acids is 1. The SMILES string of the molecule is CC(CC1CC1)(Nc1ccc(Br)cc1)C(N)=O. The van der Waals surface area contributed by atoms with Gasteiger partial charge >= 0.3 is 0 Å². The fourth-order valence-corrected chi connectivity index (χ4v) is 2.23. The van der Waals surface area contributed by atoms with Crippen molar-refractivity contribution < 1.29 is 4.79 Å². The smallest absolute Gasteiger partial charge is 0.242 e. The first kappa shape index (κ1) is 12.4. The van der Waals surface area contributed by atoms with Crippen LogP contribution >= 0.6 is 15.9 Å². The van der Waals surface area contributed by atoms with Crippen LogP contribution in [0.4, 0.5) is 5.69 Å². The van der Waals surface area contributed by atoms with Gasteiger partial charge in [0, 0.05) is 10.2 Å². The summed E-state index contributed by atoms with van der Waals surface area (Å²) in [5.41, 5.74) is 5.80. The van der Waals surface area contributed by atoms with E-state index in [1.54, 1.807) is 0 Å². The van der Waals surface area contributed by atoms with E-state index in [0.29, 0.717) is 5.92 Å². The molecular formula is C13H17BrN2O. The summed E-state index contributed by atoms with van der Waals surface area (Å²) in [5, 5.41) is 3.26. The molecule has 0 bridgehead atoms. The first-order valence-corrected chi connectivity index (χ1v) is 6.62. The number of amides is 1. The van der Waals surface area contributed by atoms with E-state index in [1.807, 2.05) is 31.2 Å². The summed E-state index contributed by atoms with van der Waals surface area (Å²) in [5.74, 6) is 0.364. The molecule has 1 fully saturated rings. The fraction of sp³-hybridized carbons (Fsp3) is 0.462. The third kappa shape index (κ3) is 3.22. The second-order valence-corrected chi connectivity index (χ2v) is 5.89. The van der Waals surface area contributed by atoms with Gasteiger partial charge in [-0.3, -0.25) is 4.79 Å². The van der Waals surface area contributed by atoms with Crippen molar-refractivity contribution >= 4 is 27.5 Å². The van der Waals surface area contributed by atoms with Crippen LogP contribution in [0.5, 0.6) is 0 Å². The lowest BCUT2D eigenvalue weighted by molar-refractivity contribution is -0.122. The van der Waals surface area contributed by atoms with Crippen molar-refractivity contribution in [2.45, 2.75) is 31.7 Å². The fourth-order valence-electron chi connectivity index (χ4n) is 1.96. The Bertz CT molecular complexity index is 414. The monoisotopic (exact) mass is 296 g/mol. The van der Waals surface area contributed by atoms with Crippen molar-refractivity contribution in [1.29, 1.82) is 0 Å². The van der Waals surface area contributed by atoms with Crippen LogP contribution in [-0.4, -0.2) is 11.4 Å². The molecular weight excluding hydrogens is 280 g/mol. The molecule has 92 valence electrons. The maximum Gasteiger partial charge on any atom is 0.242 e. The number of anilines is 1. The standard InChI is InChI=1S/C13H17BrN2O/c1-13(12(15)17,8-9-2-3-9)16-11-6-4-10(14)5-7-11/h4-7,9,16H,2-3,8H2,1H3,(H2,15,17). The van der Waals surface area contributed by atoms with Crippen molar-refractivity contribution in [3.8, 4) is 0 Å². The predicted molar refractivity (Wildman–Crippen MR) is 72.7 cm³/mol. The van der Waals surface area contributed by atoms with Gasteiger partial charge in [0.25, 0.3) is 0 Å². The summed E-state index contributed by atoms with van der Waals surface area (Å²) in [7, 11) is 0. The second kappa shape index (κ2) is 4.69. The lowest BCUT2D eigenvalue weighted by Crippen LogP contribution is -2.48. The van der Waals surface area contributed by atoms with Crippen molar-refractivity contribution in [1.82, 2.24) is 0 Å². The number of halogens is 1. The van der Waals surface area contributed by atoms with E-state index in [1.165, 1.54) is 12.8 Å². The van der Waals surface area contributed by atoms with E-state index in [4.69, 9.17) is 5.73 Å². The molecule has 0 aromatic heterocycles. The van der Waals surface area contributed by atoms with E-state index in [9.17, 15) is 4.79 Å². The maximum atomic E-state index is 11.6. The Morgan fingerprint density at radius 1 is 1.47 bits per heavy atom. The maximum absolute atomic E-state index is 11.6. The zero-order chi connectivity index (χ0) is 12.5.